The highest BCUT2D eigenvalue weighted by Gasteiger charge is 2.24. The van der Waals surface area contributed by atoms with Gasteiger partial charge >= 0.3 is 0 Å². The first-order chi connectivity index (χ1) is 8.99. The van der Waals surface area contributed by atoms with Crippen molar-refractivity contribution < 1.29 is 9.59 Å². The van der Waals surface area contributed by atoms with Gasteiger partial charge in [-0.3, -0.25) is 9.59 Å². The maximum atomic E-state index is 12.2. The number of carbonyl (C=O) groups excluding carboxylic acids is 2. The van der Waals surface area contributed by atoms with Crippen LogP contribution in [-0.4, -0.2) is 52.8 Å². The molecule has 0 spiro atoms. The van der Waals surface area contributed by atoms with Gasteiger partial charge in [0.1, 0.15) is 10.7 Å². The third-order valence-corrected chi connectivity index (χ3v) is 4.19. The quantitative estimate of drug-likeness (QED) is 0.855. The van der Waals surface area contributed by atoms with Crippen molar-refractivity contribution in [3.8, 4) is 0 Å². The Bertz CT molecular complexity index is 478. The number of aromatic nitrogens is 1. The number of nitrogens with two attached hydrogens (primary N) is 1. The van der Waals surface area contributed by atoms with Crippen LogP contribution in [0.1, 0.15) is 35.4 Å². The molecule has 2 amide bonds. The number of piperazine rings is 1. The lowest BCUT2D eigenvalue weighted by Crippen LogP contribution is -2.50. The molecule has 1 aromatic rings. The van der Waals surface area contributed by atoms with Crippen LogP contribution in [0.25, 0.3) is 0 Å². The normalized spacial score (nSPS) is 17.4. The third kappa shape index (κ3) is 3.10. The lowest BCUT2D eigenvalue weighted by molar-refractivity contribution is -0.130. The fourth-order valence-electron chi connectivity index (χ4n) is 1.98. The molecule has 2 N–H and O–H groups in total. The zero-order valence-corrected chi connectivity index (χ0v) is 11.9. The Morgan fingerprint density at radius 2 is 1.89 bits per heavy atom. The van der Waals surface area contributed by atoms with Crippen molar-refractivity contribution in [1.82, 2.24) is 14.8 Å². The van der Waals surface area contributed by atoms with Crippen LogP contribution in [0, 0.1) is 0 Å². The predicted octanol–water partition coefficient (Wildman–Crippen LogP) is 0.467. The Kier molecular flexibility index (Phi) is 4.16. The van der Waals surface area contributed by atoms with Gasteiger partial charge in [-0.1, -0.05) is 0 Å². The minimum Gasteiger partial charge on any atom is -0.339 e. The van der Waals surface area contributed by atoms with Crippen LogP contribution < -0.4 is 5.73 Å². The summed E-state index contributed by atoms with van der Waals surface area (Å²) in [6.07, 6.45) is 0. The molecule has 19 heavy (non-hydrogen) atoms. The molecule has 6 nitrogen and oxygen atoms in total. The largest absolute Gasteiger partial charge is 0.339 e. The van der Waals surface area contributed by atoms with Gasteiger partial charge in [0.05, 0.1) is 6.04 Å². The summed E-state index contributed by atoms with van der Waals surface area (Å²) >= 11 is 1.41. The number of thiazole rings is 1. The van der Waals surface area contributed by atoms with Crippen molar-refractivity contribution in [3.05, 3.63) is 16.1 Å². The average molecular weight is 282 g/mol. The molecular formula is C12H18N4O2S. The maximum absolute atomic E-state index is 12.2. The van der Waals surface area contributed by atoms with Crippen molar-refractivity contribution in [2.45, 2.75) is 19.9 Å². The van der Waals surface area contributed by atoms with Gasteiger partial charge < -0.3 is 15.5 Å². The van der Waals surface area contributed by atoms with E-state index in [1.807, 2.05) is 6.92 Å². The van der Waals surface area contributed by atoms with Crippen LogP contribution in [0.15, 0.2) is 5.38 Å². The summed E-state index contributed by atoms with van der Waals surface area (Å²) in [7, 11) is 0. The molecule has 2 rings (SSSR count). The number of hydrogen-bond donors (Lipinski definition) is 1. The number of rotatable bonds is 2. The maximum Gasteiger partial charge on any atom is 0.273 e. The molecule has 1 fully saturated rings. The van der Waals surface area contributed by atoms with E-state index in [2.05, 4.69) is 4.98 Å². The van der Waals surface area contributed by atoms with Gasteiger partial charge in [0.2, 0.25) is 5.91 Å². The molecule has 0 saturated carbocycles. The molecule has 1 saturated heterocycles. The second-order valence-electron chi connectivity index (χ2n) is 4.66. The molecule has 2 heterocycles. The van der Waals surface area contributed by atoms with Crippen molar-refractivity contribution >= 4 is 23.2 Å². The number of carbonyl (C=O) groups is 2. The molecule has 0 aromatic carbocycles. The van der Waals surface area contributed by atoms with E-state index in [0.29, 0.717) is 31.9 Å². The van der Waals surface area contributed by atoms with E-state index in [9.17, 15) is 9.59 Å². The van der Waals surface area contributed by atoms with E-state index < -0.39 is 0 Å². The molecular weight excluding hydrogens is 264 g/mol. The first-order valence-electron chi connectivity index (χ1n) is 6.25. The Morgan fingerprint density at radius 1 is 1.32 bits per heavy atom. The van der Waals surface area contributed by atoms with Gasteiger partial charge in [0.15, 0.2) is 0 Å². The van der Waals surface area contributed by atoms with Crippen LogP contribution in [-0.2, 0) is 4.79 Å². The SMILES string of the molecule is CC(=O)N1CCN(C(=O)c2csc(C(C)N)n2)CC1. The fraction of sp³-hybridized carbons (Fsp3) is 0.583. The molecule has 7 heteroatoms. The molecule has 1 atom stereocenters. The Labute approximate surface area is 116 Å². The molecule has 0 aliphatic carbocycles. The van der Waals surface area contributed by atoms with Gasteiger partial charge in [-0.2, -0.15) is 0 Å². The van der Waals surface area contributed by atoms with Crippen molar-refractivity contribution in [3.63, 3.8) is 0 Å². The zero-order chi connectivity index (χ0) is 14.0. The molecule has 1 unspecified atom stereocenters. The van der Waals surface area contributed by atoms with Gasteiger partial charge in [-0.25, -0.2) is 4.98 Å². The Morgan fingerprint density at radius 3 is 2.37 bits per heavy atom. The van der Waals surface area contributed by atoms with Crippen LogP contribution in [0.3, 0.4) is 0 Å². The average Bonchev–Trinajstić information content (AvgIpc) is 2.87. The first-order valence-corrected chi connectivity index (χ1v) is 7.13. The lowest BCUT2D eigenvalue weighted by atomic mass is 10.3. The summed E-state index contributed by atoms with van der Waals surface area (Å²) in [5.41, 5.74) is 6.19. The summed E-state index contributed by atoms with van der Waals surface area (Å²) in [6, 6.07) is -0.152. The second-order valence-corrected chi connectivity index (χ2v) is 5.55. The predicted molar refractivity (Wildman–Crippen MR) is 72.9 cm³/mol. The lowest BCUT2D eigenvalue weighted by Gasteiger charge is -2.33. The summed E-state index contributed by atoms with van der Waals surface area (Å²) in [6.45, 7) is 5.69. The van der Waals surface area contributed by atoms with E-state index in [4.69, 9.17) is 5.73 Å². The number of nitrogens with zero attached hydrogens (tertiary/aromatic N) is 3. The summed E-state index contributed by atoms with van der Waals surface area (Å²) < 4.78 is 0. The van der Waals surface area contributed by atoms with Crippen LogP contribution >= 0.6 is 11.3 Å². The van der Waals surface area contributed by atoms with Crippen LogP contribution in [0.5, 0.6) is 0 Å². The highest BCUT2D eigenvalue weighted by atomic mass is 32.1. The van der Waals surface area contributed by atoms with Gasteiger partial charge in [0, 0.05) is 38.5 Å². The highest BCUT2D eigenvalue weighted by Crippen LogP contribution is 2.17. The molecule has 1 aliphatic heterocycles. The highest BCUT2D eigenvalue weighted by molar-refractivity contribution is 7.09. The van der Waals surface area contributed by atoms with Crippen LogP contribution in [0.4, 0.5) is 0 Å². The van der Waals surface area contributed by atoms with E-state index >= 15 is 0 Å². The van der Waals surface area contributed by atoms with Crippen molar-refractivity contribution in [2.24, 2.45) is 5.73 Å². The monoisotopic (exact) mass is 282 g/mol. The smallest absolute Gasteiger partial charge is 0.273 e. The minimum absolute atomic E-state index is 0.0556. The number of hydrogen-bond acceptors (Lipinski definition) is 5. The van der Waals surface area contributed by atoms with Gasteiger partial charge in [-0.05, 0) is 6.92 Å². The van der Waals surface area contributed by atoms with E-state index in [1.54, 1.807) is 22.1 Å². The van der Waals surface area contributed by atoms with E-state index in [-0.39, 0.29) is 17.9 Å². The molecule has 0 bridgehead atoms. The van der Waals surface area contributed by atoms with Crippen LogP contribution in [0.2, 0.25) is 0 Å². The van der Waals surface area contributed by atoms with Gasteiger partial charge in [-0.15, -0.1) is 11.3 Å². The third-order valence-electron chi connectivity index (χ3n) is 3.14. The number of amides is 2. The molecule has 0 radical (unpaired) electrons. The summed E-state index contributed by atoms with van der Waals surface area (Å²) in [4.78, 5) is 31.2. The van der Waals surface area contributed by atoms with Crippen molar-refractivity contribution in [2.75, 3.05) is 26.2 Å². The summed E-state index contributed by atoms with van der Waals surface area (Å²) in [5, 5.41) is 2.52. The van der Waals surface area contributed by atoms with E-state index in [1.165, 1.54) is 11.3 Å². The fourth-order valence-corrected chi connectivity index (χ4v) is 2.73. The molecule has 1 aromatic heterocycles. The summed E-state index contributed by atoms with van der Waals surface area (Å²) in [5.74, 6) is -0.0219. The zero-order valence-electron chi connectivity index (χ0n) is 11.1. The van der Waals surface area contributed by atoms with Crippen molar-refractivity contribution in [1.29, 1.82) is 0 Å². The Hall–Kier alpha value is -1.47. The van der Waals surface area contributed by atoms with Gasteiger partial charge in [0.25, 0.3) is 5.91 Å². The minimum atomic E-state index is -0.152. The second kappa shape index (κ2) is 5.66. The molecule has 1 aliphatic rings. The Balaban J connectivity index is 1.99. The molecule has 104 valence electrons. The topological polar surface area (TPSA) is 79.5 Å². The standard InChI is InChI=1S/C12H18N4O2S/c1-8(13)11-14-10(7-19-11)12(18)16-5-3-15(4-6-16)9(2)17/h7-8H,3-6,13H2,1-2H3. The first kappa shape index (κ1) is 14.0. The van der Waals surface area contributed by atoms with E-state index in [0.717, 1.165) is 5.01 Å².